The molecule has 1 aromatic heterocycles. The molecular formula is C20H24ClN5O4S. The Morgan fingerprint density at radius 2 is 2.00 bits per heavy atom. The number of nitrogens with one attached hydrogen (secondary N) is 1. The maximum absolute atomic E-state index is 11.7. The van der Waals surface area contributed by atoms with Gasteiger partial charge in [0, 0.05) is 38.8 Å². The third kappa shape index (κ3) is 5.91. The van der Waals surface area contributed by atoms with Gasteiger partial charge in [0.1, 0.15) is 11.0 Å². The van der Waals surface area contributed by atoms with Crippen molar-refractivity contribution in [3.05, 3.63) is 35.0 Å². The van der Waals surface area contributed by atoms with Gasteiger partial charge in [0.15, 0.2) is 16.7 Å². The first-order valence-corrected chi connectivity index (χ1v) is 11.4. The molecule has 31 heavy (non-hydrogen) atoms. The summed E-state index contributed by atoms with van der Waals surface area (Å²) >= 11 is 7.43. The number of benzene rings is 1. The summed E-state index contributed by atoms with van der Waals surface area (Å²) < 4.78 is 10.8. The fraction of sp³-hybridized carbons (Fsp3) is 0.450. The van der Waals surface area contributed by atoms with E-state index in [4.69, 9.17) is 25.9 Å². The number of carbonyl (C=O) groups is 1. The van der Waals surface area contributed by atoms with Crippen molar-refractivity contribution in [3.8, 4) is 11.5 Å². The summed E-state index contributed by atoms with van der Waals surface area (Å²) in [4.78, 5) is 30.0. The van der Waals surface area contributed by atoms with Crippen molar-refractivity contribution in [3.63, 3.8) is 0 Å². The van der Waals surface area contributed by atoms with Crippen LogP contribution in [0.5, 0.6) is 11.5 Å². The molecule has 4 rings (SSSR count). The van der Waals surface area contributed by atoms with Crippen LogP contribution < -0.4 is 19.9 Å². The van der Waals surface area contributed by atoms with Gasteiger partial charge in [-0.25, -0.2) is 15.4 Å². The summed E-state index contributed by atoms with van der Waals surface area (Å²) in [5.74, 6) is 2.30. The molecule has 1 aromatic carbocycles. The molecule has 2 aliphatic heterocycles. The lowest BCUT2D eigenvalue weighted by molar-refractivity contribution is -0.130. The highest BCUT2D eigenvalue weighted by molar-refractivity contribution is 7.99. The Hall–Kier alpha value is -2.27. The minimum Gasteiger partial charge on any atom is -0.454 e. The first-order chi connectivity index (χ1) is 15.1. The average molecular weight is 466 g/mol. The van der Waals surface area contributed by atoms with Gasteiger partial charge in [-0.3, -0.25) is 14.5 Å². The minimum absolute atomic E-state index is 0.156. The van der Waals surface area contributed by atoms with E-state index in [2.05, 4.69) is 31.3 Å². The number of amides is 1. The van der Waals surface area contributed by atoms with E-state index in [0.29, 0.717) is 16.9 Å². The second-order valence-corrected chi connectivity index (χ2v) is 8.36. The van der Waals surface area contributed by atoms with Gasteiger partial charge in [0.25, 0.3) is 5.91 Å². The molecule has 0 bridgehead atoms. The lowest BCUT2D eigenvalue weighted by atomic mass is 10.1. The smallest absolute Gasteiger partial charge is 0.254 e. The summed E-state index contributed by atoms with van der Waals surface area (Å²) in [7, 11) is 0. The third-order valence-electron chi connectivity index (χ3n) is 4.86. The summed E-state index contributed by atoms with van der Waals surface area (Å²) in [6.07, 6.45) is 0. The maximum atomic E-state index is 11.7. The Balaban J connectivity index is 1.31. The second kappa shape index (κ2) is 10.4. The van der Waals surface area contributed by atoms with Crippen molar-refractivity contribution in [2.75, 3.05) is 50.2 Å². The van der Waals surface area contributed by atoms with Crippen LogP contribution in [0.3, 0.4) is 0 Å². The first kappa shape index (κ1) is 21.9. The normalized spacial score (nSPS) is 15.9. The Kier molecular flexibility index (Phi) is 7.33. The van der Waals surface area contributed by atoms with E-state index in [-0.39, 0.29) is 18.5 Å². The van der Waals surface area contributed by atoms with Crippen molar-refractivity contribution in [2.24, 2.45) is 0 Å². The van der Waals surface area contributed by atoms with Crippen LogP contribution in [-0.2, 0) is 16.2 Å². The zero-order valence-corrected chi connectivity index (χ0v) is 18.7. The maximum Gasteiger partial charge on any atom is 0.254 e. The summed E-state index contributed by atoms with van der Waals surface area (Å²) in [6, 6.07) is 7.85. The number of thioether (sulfide) groups is 1. The summed E-state index contributed by atoms with van der Waals surface area (Å²) in [5, 5.41) is 0.831. The first-order valence-electron chi connectivity index (χ1n) is 10.0. The Labute approximate surface area is 190 Å². The zero-order chi connectivity index (χ0) is 21.6. The van der Waals surface area contributed by atoms with Crippen LogP contribution >= 0.6 is 23.4 Å². The van der Waals surface area contributed by atoms with Crippen LogP contribution in [0.1, 0.15) is 12.5 Å². The molecule has 0 saturated carbocycles. The highest BCUT2D eigenvalue weighted by Crippen LogP contribution is 2.33. The molecule has 0 unspecified atom stereocenters. The Bertz CT molecular complexity index is 926. The molecule has 11 heteroatoms. The molecule has 0 spiro atoms. The lowest BCUT2D eigenvalue weighted by Crippen LogP contribution is -2.46. The molecule has 0 atom stereocenters. The van der Waals surface area contributed by atoms with Gasteiger partial charge in [-0.15, -0.1) is 0 Å². The highest BCUT2D eigenvalue weighted by atomic mass is 35.5. The molecule has 0 aliphatic carbocycles. The number of aromatic nitrogens is 2. The molecule has 1 amide bonds. The number of halogens is 1. The zero-order valence-electron chi connectivity index (χ0n) is 17.2. The van der Waals surface area contributed by atoms with E-state index in [1.54, 1.807) is 13.0 Å². The van der Waals surface area contributed by atoms with Gasteiger partial charge in [0.2, 0.25) is 6.79 Å². The number of piperazine rings is 1. The number of fused-ring (bicyclic) bond motifs is 1. The van der Waals surface area contributed by atoms with Gasteiger partial charge in [0.05, 0.1) is 12.4 Å². The second-order valence-electron chi connectivity index (χ2n) is 7.03. The summed E-state index contributed by atoms with van der Waals surface area (Å²) in [6.45, 7) is 6.80. The van der Waals surface area contributed by atoms with Crippen LogP contribution in [0.25, 0.3) is 0 Å². The SMILES string of the molecule is CCONC(=O)CSc1nc(Cl)cc(N2CCN(Cc3ccc4c(c3)OCO4)CC2)n1. The highest BCUT2D eigenvalue weighted by Gasteiger charge is 2.21. The Morgan fingerprint density at radius 1 is 1.19 bits per heavy atom. The van der Waals surface area contributed by atoms with E-state index in [1.807, 2.05) is 12.1 Å². The van der Waals surface area contributed by atoms with Crippen molar-refractivity contribution < 1.29 is 19.1 Å². The predicted octanol–water partition coefficient (Wildman–Crippen LogP) is 2.34. The van der Waals surface area contributed by atoms with Crippen LogP contribution in [0.2, 0.25) is 5.15 Å². The van der Waals surface area contributed by atoms with Gasteiger partial charge in [-0.05, 0) is 24.6 Å². The van der Waals surface area contributed by atoms with Crippen molar-refractivity contribution in [1.29, 1.82) is 0 Å². The lowest BCUT2D eigenvalue weighted by Gasteiger charge is -2.35. The number of hydroxylamine groups is 1. The van der Waals surface area contributed by atoms with Crippen LogP contribution in [0.4, 0.5) is 5.82 Å². The number of rotatable bonds is 8. The molecule has 9 nitrogen and oxygen atoms in total. The van der Waals surface area contributed by atoms with E-state index < -0.39 is 0 Å². The number of hydrogen-bond donors (Lipinski definition) is 1. The minimum atomic E-state index is -0.242. The molecular weight excluding hydrogens is 442 g/mol. The van der Waals surface area contributed by atoms with Crippen molar-refractivity contribution in [1.82, 2.24) is 20.3 Å². The molecule has 1 N–H and O–H groups in total. The van der Waals surface area contributed by atoms with E-state index in [0.717, 1.165) is 50.0 Å². The van der Waals surface area contributed by atoms with Crippen LogP contribution in [0, 0.1) is 0 Å². The quantitative estimate of drug-likeness (QED) is 0.273. The van der Waals surface area contributed by atoms with E-state index >= 15 is 0 Å². The van der Waals surface area contributed by atoms with Crippen LogP contribution in [0.15, 0.2) is 29.4 Å². The third-order valence-corrected chi connectivity index (χ3v) is 5.90. The molecule has 2 aliphatic rings. The molecule has 166 valence electrons. The molecule has 2 aromatic rings. The van der Waals surface area contributed by atoms with Gasteiger partial charge in [-0.1, -0.05) is 29.4 Å². The number of nitrogens with zero attached hydrogens (tertiary/aromatic N) is 4. The average Bonchev–Trinajstić information content (AvgIpc) is 3.24. The van der Waals surface area contributed by atoms with Crippen molar-refractivity contribution >= 4 is 35.1 Å². The fourth-order valence-electron chi connectivity index (χ4n) is 3.36. The molecule has 0 radical (unpaired) electrons. The van der Waals surface area contributed by atoms with E-state index in [9.17, 15) is 4.79 Å². The largest absolute Gasteiger partial charge is 0.454 e. The van der Waals surface area contributed by atoms with Crippen molar-refractivity contribution in [2.45, 2.75) is 18.6 Å². The number of hydrogen-bond acceptors (Lipinski definition) is 9. The number of ether oxygens (including phenoxy) is 2. The predicted molar refractivity (Wildman–Crippen MR) is 118 cm³/mol. The number of anilines is 1. The van der Waals surface area contributed by atoms with Gasteiger partial charge >= 0.3 is 0 Å². The molecule has 3 heterocycles. The van der Waals surface area contributed by atoms with Crippen LogP contribution in [-0.4, -0.2) is 66.1 Å². The molecule has 1 saturated heterocycles. The molecule has 1 fully saturated rings. The number of carbonyl (C=O) groups excluding carboxylic acids is 1. The van der Waals surface area contributed by atoms with Gasteiger partial charge < -0.3 is 14.4 Å². The van der Waals surface area contributed by atoms with Gasteiger partial charge in [-0.2, -0.15) is 0 Å². The Morgan fingerprint density at radius 3 is 2.81 bits per heavy atom. The monoisotopic (exact) mass is 465 g/mol. The summed E-state index contributed by atoms with van der Waals surface area (Å²) in [5.41, 5.74) is 3.56. The fourth-order valence-corrected chi connectivity index (χ4v) is 4.22. The standard InChI is InChI=1S/C20H24ClN5O4S/c1-2-30-24-19(27)12-31-20-22-17(21)10-18(23-20)26-7-5-25(6-8-26)11-14-3-4-15-16(9-14)29-13-28-15/h3-4,9-10H,2,5-8,11-13H2,1H3,(H,24,27). The van der Waals surface area contributed by atoms with E-state index in [1.165, 1.54) is 17.3 Å². The topological polar surface area (TPSA) is 89.1 Å².